The molecule has 0 aliphatic heterocycles. The van der Waals surface area contributed by atoms with E-state index in [2.05, 4.69) is 98.7 Å². The van der Waals surface area contributed by atoms with E-state index in [1.807, 2.05) is 30.5 Å². The first-order valence-corrected chi connectivity index (χ1v) is 14.6. The number of para-hydroxylation sites is 2. The van der Waals surface area contributed by atoms with Crippen LogP contribution in [0.15, 0.2) is 82.8 Å². The minimum Gasteiger partial charge on any atom is -0.873 e. The SMILES string of the molecule is CC(C=Nc1c(C(C)C)cccc1C(C)C)=Nc1c(C(C)C)cccc1C(C)C.[Ni+2].[O-]c1cc2ccccc2cc1[O-]. The van der Waals surface area contributed by atoms with Gasteiger partial charge in [-0.25, -0.2) is 0 Å². The number of benzene rings is 4. The van der Waals surface area contributed by atoms with Crippen molar-refractivity contribution in [3.63, 3.8) is 0 Å². The zero-order chi connectivity index (χ0) is 30.3. The van der Waals surface area contributed by atoms with E-state index in [1.54, 1.807) is 0 Å². The Bertz CT molecular complexity index is 1440. The van der Waals surface area contributed by atoms with Crippen LogP contribution in [0.1, 0.15) is 108 Å². The molecule has 0 bridgehead atoms. The third kappa shape index (κ3) is 8.79. The first kappa shape index (κ1) is 34.8. The fraction of sp³-hybridized carbons (Fsp3) is 0.351. The average molecular weight is 607 g/mol. The largest absolute Gasteiger partial charge is 2.00 e. The molecule has 0 amide bonds. The molecule has 4 aromatic carbocycles. The first-order valence-electron chi connectivity index (χ1n) is 14.6. The van der Waals surface area contributed by atoms with Gasteiger partial charge in [-0.15, -0.1) is 11.5 Å². The van der Waals surface area contributed by atoms with Crippen molar-refractivity contribution >= 4 is 34.1 Å². The molecule has 0 saturated carbocycles. The topological polar surface area (TPSA) is 70.8 Å². The third-order valence-corrected chi connectivity index (χ3v) is 7.17. The molecular weight excluding hydrogens is 563 g/mol. The Kier molecular flexibility index (Phi) is 13.0. The summed E-state index contributed by atoms with van der Waals surface area (Å²) < 4.78 is 0. The van der Waals surface area contributed by atoms with Gasteiger partial charge in [0.2, 0.25) is 0 Å². The Morgan fingerprint density at radius 3 is 1.29 bits per heavy atom. The van der Waals surface area contributed by atoms with Crippen LogP contribution in [0.25, 0.3) is 10.8 Å². The number of fused-ring (bicyclic) bond motifs is 1. The second kappa shape index (κ2) is 15.7. The number of nitrogens with zero attached hydrogens (tertiary/aromatic N) is 2. The van der Waals surface area contributed by atoms with Gasteiger partial charge in [-0.3, -0.25) is 9.98 Å². The van der Waals surface area contributed by atoms with Gasteiger partial charge in [-0.05, 0) is 63.6 Å². The maximum atomic E-state index is 10.9. The fourth-order valence-corrected chi connectivity index (χ4v) is 4.86. The van der Waals surface area contributed by atoms with Crippen LogP contribution in [-0.4, -0.2) is 11.9 Å². The first-order chi connectivity index (χ1) is 19.4. The Hall–Kier alpha value is -3.43. The molecule has 0 saturated heterocycles. The molecule has 5 heteroatoms. The Balaban J connectivity index is 0.000000393. The fourth-order valence-electron chi connectivity index (χ4n) is 4.86. The second-order valence-corrected chi connectivity index (χ2v) is 11.8. The standard InChI is InChI=1S/C27H38N2.C10H8O2.Ni/c1-17(2)22-12-10-13-23(18(3)4)26(22)28-16-21(9)29-27-24(19(5)6)14-11-15-25(27)20(7)8;11-9-5-7-3-1-2-4-8(7)6-10(9)12;/h10-20H,1-9H3;1-6,11-12H;/q;;+2/p-2. The average Bonchev–Trinajstić information content (AvgIpc) is 2.92. The summed E-state index contributed by atoms with van der Waals surface area (Å²) in [4.78, 5) is 9.97. The van der Waals surface area contributed by atoms with Gasteiger partial charge < -0.3 is 10.2 Å². The summed E-state index contributed by atoms with van der Waals surface area (Å²) in [7, 11) is 0. The molecule has 0 aliphatic rings. The predicted molar refractivity (Wildman–Crippen MR) is 173 cm³/mol. The summed E-state index contributed by atoms with van der Waals surface area (Å²) in [6.07, 6.45) is 1.94. The van der Waals surface area contributed by atoms with E-state index in [0.29, 0.717) is 23.7 Å². The molecule has 4 nitrogen and oxygen atoms in total. The van der Waals surface area contributed by atoms with Crippen molar-refractivity contribution in [1.29, 1.82) is 0 Å². The zero-order valence-corrected chi connectivity index (χ0v) is 27.3. The molecule has 224 valence electrons. The van der Waals surface area contributed by atoms with Gasteiger partial charge in [0.25, 0.3) is 0 Å². The van der Waals surface area contributed by atoms with E-state index in [4.69, 9.17) is 9.98 Å². The maximum absolute atomic E-state index is 10.9. The van der Waals surface area contributed by atoms with Crippen molar-refractivity contribution in [2.45, 2.75) is 86.0 Å². The van der Waals surface area contributed by atoms with Crippen LogP contribution in [0.4, 0.5) is 11.4 Å². The van der Waals surface area contributed by atoms with E-state index >= 15 is 0 Å². The van der Waals surface area contributed by atoms with E-state index in [-0.39, 0.29) is 16.5 Å². The summed E-state index contributed by atoms with van der Waals surface area (Å²) in [5.74, 6) is 0.875. The van der Waals surface area contributed by atoms with Crippen LogP contribution in [0.3, 0.4) is 0 Å². The van der Waals surface area contributed by atoms with Crippen molar-refractivity contribution < 1.29 is 26.7 Å². The van der Waals surface area contributed by atoms with Crippen molar-refractivity contribution in [1.82, 2.24) is 0 Å². The smallest absolute Gasteiger partial charge is 0.873 e. The van der Waals surface area contributed by atoms with Crippen molar-refractivity contribution in [3.8, 4) is 11.5 Å². The van der Waals surface area contributed by atoms with Crippen molar-refractivity contribution in [2.24, 2.45) is 9.98 Å². The molecule has 42 heavy (non-hydrogen) atoms. The van der Waals surface area contributed by atoms with Gasteiger partial charge in [0.15, 0.2) is 0 Å². The van der Waals surface area contributed by atoms with Crippen LogP contribution in [0.5, 0.6) is 11.5 Å². The van der Waals surface area contributed by atoms with Crippen LogP contribution < -0.4 is 10.2 Å². The molecule has 0 heterocycles. The summed E-state index contributed by atoms with van der Waals surface area (Å²) >= 11 is 0. The summed E-state index contributed by atoms with van der Waals surface area (Å²) in [5, 5.41) is 23.5. The van der Waals surface area contributed by atoms with Gasteiger partial charge in [0.05, 0.1) is 17.1 Å². The zero-order valence-electron chi connectivity index (χ0n) is 26.3. The molecule has 0 unspecified atom stereocenters. The van der Waals surface area contributed by atoms with Gasteiger partial charge in [-0.1, -0.05) is 128 Å². The molecule has 0 atom stereocenters. The van der Waals surface area contributed by atoms with Crippen molar-refractivity contribution in [3.05, 3.63) is 95.1 Å². The van der Waals surface area contributed by atoms with E-state index < -0.39 is 11.5 Å². The van der Waals surface area contributed by atoms with Gasteiger partial charge in [-0.2, -0.15) is 0 Å². The van der Waals surface area contributed by atoms with Crippen LogP contribution in [0.2, 0.25) is 0 Å². The predicted octanol–water partition coefficient (Wildman–Crippen LogP) is 9.66. The molecule has 0 aromatic heterocycles. The molecule has 0 aliphatic carbocycles. The summed E-state index contributed by atoms with van der Waals surface area (Å²) in [6, 6.07) is 23.1. The Morgan fingerprint density at radius 2 is 0.929 bits per heavy atom. The van der Waals surface area contributed by atoms with Gasteiger partial charge in [0.1, 0.15) is 0 Å². The molecule has 4 rings (SSSR count). The molecule has 0 N–H and O–H groups in total. The maximum Gasteiger partial charge on any atom is 2.00 e. The van der Waals surface area contributed by atoms with Crippen molar-refractivity contribution in [2.75, 3.05) is 0 Å². The van der Waals surface area contributed by atoms with Crippen LogP contribution in [0, 0.1) is 0 Å². The normalized spacial score (nSPS) is 11.9. The van der Waals surface area contributed by atoms with Crippen LogP contribution in [-0.2, 0) is 16.5 Å². The summed E-state index contributed by atoms with van der Waals surface area (Å²) in [5.41, 5.74) is 8.35. The molecule has 0 fully saturated rings. The molecule has 4 aromatic rings. The number of hydrogen-bond donors (Lipinski definition) is 0. The number of aliphatic imine (C=N–C) groups is 2. The number of rotatable bonds is 7. The summed E-state index contributed by atoms with van der Waals surface area (Å²) in [6.45, 7) is 19.9. The molecule has 0 spiro atoms. The molecular formula is C37H44N2NiO2. The van der Waals surface area contributed by atoms with E-state index in [9.17, 15) is 10.2 Å². The third-order valence-electron chi connectivity index (χ3n) is 7.17. The Labute approximate surface area is 262 Å². The monoisotopic (exact) mass is 606 g/mol. The minimum absolute atomic E-state index is 0. The van der Waals surface area contributed by atoms with Gasteiger partial charge >= 0.3 is 16.5 Å². The second-order valence-electron chi connectivity index (χ2n) is 11.8. The number of hydrogen-bond acceptors (Lipinski definition) is 4. The van der Waals surface area contributed by atoms with E-state index in [1.165, 1.54) is 34.4 Å². The van der Waals surface area contributed by atoms with E-state index in [0.717, 1.165) is 27.9 Å². The van der Waals surface area contributed by atoms with Crippen LogP contribution >= 0.6 is 0 Å². The quantitative estimate of drug-likeness (QED) is 0.155. The molecule has 0 radical (unpaired) electrons. The van der Waals surface area contributed by atoms with Gasteiger partial charge in [0, 0.05) is 6.21 Å². The Morgan fingerprint density at radius 1 is 0.571 bits per heavy atom. The minimum atomic E-state index is -0.436.